The zero-order chi connectivity index (χ0) is 23.3. The lowest BCUT2D eigenvalue weighted by atomic mass is 10.2. The first-order chi connectivity index (χ1) is 15.2. The summed E-state index contributed by atoms with van der Waals surface area (Å²) in [6.45, 7) is 3.18. The Morgan fingerprint density at radius 1 is 1.06 bits per heavy atom. The Balaban J connectivity index is 1.77. The summed E-state index contributed by atoms with van der Waals surface area (Å²) in [5.41, 5.74) is 1.18. The van der Waals surface area contributed by atoms with Crippen molar-refractivity contribution in [3.05, 3.63) is 52.6 Å². The number of piperazine rings is 1. The van der Waals surface area contributed by atoms with E-state index in [0.29, 0.717) is 38.4 Å². The number of nitrogens with one attached hydrogen (secondary N) is 1. The van der Waals surface area contributed by atoms with Crippen molar-refractivity contribution in [2.45, 2.75) is 4.90 Å². The number of hydrogen-bond acceptors (Lipinski definition) is 8. The highest BCUT2D eigenvalue weighted by Gasteiger charge is 2.27. The van der Waals surface area contributed by atoms with Crippen LogP contribution in [0.1, 0.15) is 0 Å². The molecular formula is C21H29N5O5S. The summed E-state index contributed by atoms with van der Waals surface area (Å²) >= 11 is 0. The number of rotatable bonds is 9. The van der Waals surface area contributed by atoms with Crippen LogP contribution in [-0.2, 0) is 10.0 Å². The fraction of sp³-hybridized carbons (Fsp3) is 0.429. The van der Waals surface area contributed by atoms with Gasteiger partial charge in [-0.3, -0.25) is 10.1 Å². The van der Waals surface area contributed by atoms with Crippen molar-refractivity contribution in [2.24, 2.45) is 0 Å². The highest BCUT2D eigenvalue weighted by molar-refractivity contribution is 7.89. The first-order valence-corrected chi connectivity index (χ1v) is 11.8. The summed E-state index contributed by atoms with van der Waals surface area (Å²) in [5.74, 6) is 0.781. The second-order valence-corrected chi connectivity index (χ2v) is 9.52. The van der Waals surface area contributed by atoms with Crippen LogP contribution in [0.15, 0.2) is 47.4 Å². The predicted octanol–water partition coefficient (Wildman–Crippen LogP) is 1.77. The summed E-state index contributed by atoms with van der Waals surface area (Å²) in [7, 11) is 1.46. The van der Waals surface area contributed by atoms with Crippen molar-refractivity contribution in [2.75, 3.05) is 70.3 Å². The minimum absolute atomic E-state index is 0.112. The number of nitro benzene ring substituents is 1. The maximum absolute atomic E-state index is 12.6. The largest absolute Gasteiger partial charge is 0.495 e. The summed E-state index contributed by atoms with van der Waals surface area (Å²) in [5, 5.41) is 11.7. The molecule has 1 saturated heterocycles. The van der Waals surface area contributed by atoms with E-state index in [2.05, 4.69) is 9.62 Å². The molecule has 1 aliphatic rings. The molecule has 1 aliphatic heterocycles. The van der Waals surface area contributed by atoms with Crippen LogP contribution in [0, 0.1) is 10.1 Å². The van der Waals surface area contributed by atoms with Crippen LogP contribution >= 0.6 is 0 Å². The van der Waals surface area contributed by atoms with Crippen molar-refractivity contribution < 1.29 is 18.1 Å². The zero-order valence-electron chi connectivity index (χ0n) is 18.5. The van der Waals surface area contributed by atoms with E-state index >= 15 is 0 Å². The SMILES string of the molecule is COc1ccccc1N1CCN(c2ccc(S(=O)(=O)NCCN(C)C)cc2[N+](=O)[O-])CC1. The smallest absolute Gasteiger partial charge is 0.293 e. The van der Waals surface area contributed by atoms with Gasteiger partial charge >= 0.3 is 0 Å². The molecule has 1 N–H and O–H groups in total. The number of likely N-dealkylation sites (N-methyl/N-ethyl adjacent to an activating group) is 1. The highest BCUT2D eigenvalue weighted by Crippen LogP contribution is 2.33. The molecular weight excluding hydrogens is 434 g/mol. The molecule has 0 aliphatic carbocycles. The quantitative estimate of drug-likeness (QED) is 0.443. The molecule has 0 bridgehead atoms. The van der Waals surface area contributed by atoms with Gasteiger partial charge in [0.15, 0.2) is 0 Å². The van der Waals surface area contributed by atoms with E-state index in [1.807, 2.05) is 48.2 Å². The van der Waals surface area contributed by atoms with Crippen molar-refractivity contribution in [1.82, 2.24) is 9.62 Å². The van der Waals surface area contributed by atoms with Crippen LogP contribution in [0.3, 0.4) is 0 Å². The number of ether oxygens (including phenoxy) is 1. The lowest BCUT2D eigenvalue weighted by molar-refractivity contribution is -0.384. The first-order valence-electron chi connectivity index (χ1n) is 10.3. The molecule has 1 fully saturated rings. The van der Waals surface area contributed by atoms with E-state index in [0.717, 1.165) is 17.5 Å². The predicted molar refractivity (Wildman–Crippen MR) is 124 cm³/mol. The van der Waals surface area contributed by atoms with Crippen LogP contribution in [0.2, 0.25) is 0 Å². The van der Waals surface area contributed by atoms with Gasteiger partial charge < -0.3 is 19.4 Å². The van der Waals surface area contributed by atoms with E-state index < -0.39 is 14.9 Å². The average molecular weight is 464 g/mol. The van der Waals surface area contributed by atoms with E-state index in [1.54, 1.807) is 7.11 Å². The average Bonchev–Trinajstić information content (AvgIpc) is 2.78. The Bertz CT molecular complexity index is 1050. The molecule has 0 unspecified atom stereocenters. The number of nitrogens with zero attached hydrogens (tertiary/aromatic N) is 4. The monoisotopic (exact) mass is 463 g/mol. The summed E-state index contributed by atoms with van der Waals surface area (Å²) in [4.78, 5) is 17.0. The van der Waals surface area contributed by atoms with Gasteiger partial charge in [-0.25, -0.2) is 13.1 Å². The Morgan fingerprint density at radius 2 is 1.69 bits per heavy atom. The van der Waals surface area contributed by atoms with Gasteiger partial charge in [-0.2, -0.15) is 0 Å². The Morgan fingerprint density at radius 3 is 2.28 bits per heavy atom. The van der Waals surface area contributed by atoms with E-state index in [4.69, 9.17) is 4.74 Å². The maximum atomic E-state index is 12.6. The second kappa shape index (κ2) is 10.2. The molecule has 11 heteroatoms. The molecule has 2 aromatic rings. The Kier molecular flexibility index (Phi) is 7.54. The van der Waals surface area contributed by atoms with Crippen LogP contribution in [0.25, 0.3) is 0 Å². The maximum Gasteiger partial charge on any atom is 0.293 e. The first kappa shape index (κ1) is 23.8. The standard InChI is InChI=1S/C21H29N5O5S/c1-23(2)11-10-22-32(29,30)17-8-9-18(20(16-17)26(27)28)24-12-14-25(15-13-24)19-6-4-5-7-21(19)31-3/h4-9,16,22H,10-15H2,1-3H3. The van der Waals surface area contributed by atoms with Crippen LogP contribution in [0.5, 0.6) is 5.75 Å². The Labute approximate surface area is 188 Å². The van der Waals surface area contributed by atoms with E-state index in [9.17, 15) is 18.5 Å². The lowest BCUT2D eigenvalue weighted by Crippen LogP contribution is -2.46. The van der Waals surface area contributed by atoms with Gasteiger partial charge in [-0.15, -0.1) is 0 Å². The minimum Gasteiger partial charge on any atom is -0.495 e. The fourth-order valence-electron chi connectivity index (χ4n) is 3.65. The van der Waals surface area contributed by atoms with Crippen molar-refractivity contribution in [3.63, 3.8) is 0 Å². The number of benzene rings is 2. The topological polar surface area (TPSA) is 108 Å². The summed E-state index contributed by atoms with van der Waals surface area (Å²) in [6, 6.07) is 11.8. The second-order valence-electron chi connectivity index (χ2n) is 7.75. The molecule has 0 radical (unpaired) electrons. The van der Waals surface area contributed by atoms with Gasteiger partial charge in [0.1, 0.15) is 11.4 Å². The number of para-hydroxylation sites is 2. The number of nitro groups is 1. The third-order valence-corrected chi connectivity index (χ3v) is 6.81. The van der Waals surface area contributed by atoms with Gasteiger partial charge in [-0.05, 0) is 38.4 Å². The van der Waals surface area contributed by atoms with Crippen LogP contribution in [0.4, 0.5) is 17.1 Å². The van der Waals surface area contributed by atoms with Crippen molar-refractivity contribution in [1.29, 1.82) is 0 Å². The summed E-state index contributed by atoms with van der Waals surface area (Å²) in [6.07, 6.45) is 0. The van der Waals surface area contributed by atoms with Gasteiger partial charge in [0.05, 0.1) is 22.6 Å². The fourth-order valence-corrected chi connectivity index (χ4v) is 4.69. The molecule has 10 nitrogen and oxygen atoms in total. The molecule has 0 aromatic heterocycles. The number of sulfonamides is 1. The molecule has 0 spiro atoms. The van der Waals surface area contributed by atoms with Crippen molar-refractivity contribution in [3.8, 4) is 5.75 Å². The lowest BCUT2D eigenvalue weighted by Gasteiger charge is -2.37. The van der Waals surface area contributed by atoms with Crippen LogP contribution in [-0.4, -0.2) is 78.7 Å². The van der Waals surface area contributed by atoms with Crippen LogP contribution < -0.4 is 19.3 Å². The van der Waals surface area contributed by atoms with Gasteiger partial charge in [-0.1, -0.05) is 12.1 Å². The zero-order valence-corrected chi connectivity index (χ0v) is 19.3. The normalized spacial score (nSPS) is 14.6. The number of hydrogen-bond donors (Lipinski definition) is 1. The Hall–Kier alpha value is -2.89. The number of methoxy groups -OCH3 is 1. The molecule has 32 heavy (non-hydrogen) atoms. The number of anilines is 2. The van der Waals surface area contributed by atoms with E-state index in [1.165, 1.54) is 12.1 Å². The molecule has 0 atom stereocenters. The third kappa shape index (κ3) is 5.47. The van der Waals surface area contributed by atoms with Gasteiger partial charge in [0, 0.05) is 45.3 Å². The van der Waals surface area contributed by atoms with Gasteiger partial charge in [0.25, 0.3) is 5.69 Å². The summed E-state index contributed by atoms with van der Waals surface area (Å²) < 4.78 is 33.0. The molecule has 174 valence electrons. The minimum atomic E-state index is -3.83. The molecule has 0 amide bonds. The molecule has 2 aromatic carbocycles. The molecule has 3 rings (SSSR count). The van der Waals surface area contributed by atoms with Gasteiger partial charge in [0.2, 0.25) is 10.0 Å². The van der Waals surface area contributed by atoms with E-state index in [-0.39, 0.29) is 17.1 Å². The van der Waals surface area contributed by atoms with Crippen molar-refractivity contribution >= 4 is 27.1 Å². The third-order valence-electron chi connectivity index (χ3n) is 5.35. The molecule has 1 heterocycles. The molecule has 0 saturated carbocycles. The highest BCUT2D eigenvalue weighted by atomic mass is 32.2.